The van der Waals surface area contributed by atoms with Crippen LogP contribution in [0.5, 0.6) is 6.01 Å². The maximum absolute atomic E-state index is 13.1. The zero-order chi connectivity index (χ0) is 14.3. The highest BCUT2D eigenvalue weighted by atomic mass is 35.5. The summed E-state index contributed by atoms with van der Waals surface area (Å²) in [5.74, 6) is -0.438. The molecule has 3 aromatic rings. The summed E-state index contributed by atoms with van der Waals surface area (Å²) < 4.78 is 27.4. The molecule has 0 amide bonds. The minimum Gasteiger partial charge on any atom is -0.479 e. The summed E-state index contributed by atoms with van der Waals surface area (Å²) >= 11 is 5.72. The van der Waals surface area contributed by atoms with E-state index in [1.807, 2.05) is 0 Å². The van der Waals surface area contributed by atoms with E-state index in [9.17, 15) is 13.9 Å². The summed E-state index contributed by atoms with van der Waals surface area (Å²) in [7, 11) is 0. The maximum Gasteiger partial charge on any atom is 0.317 e. The first-order valence-corrected chi connectivity index (χ1v) is 5.93. The molecule has 0 aliphatic heterocycles. The van der Waals surface area contributed by atoms with Crippen LogP contribution in [0.15, 0.2) is 30.3 Å². The van der Waals surface area contributed by atoms with E-state index in [1.165, 1.54) is 6.07 Å². The minimum absolute atomic E-state index is 0.0338. The summed E-state index contributed by atoms with van der Waals surface area (Å²) in [5, 5.41) is 9.32. The number of nitrogens with zero attached hydrogens (tertiary/aromatic N) is 4. The van der Waals surface area contributed by atoms with E-state index in [4.69, 9.17) is 11.6 Å². The molecule has 0 atom stereocenters. The van der Waals surface area contributed by atoms with E-state index < -0.39 is 18.3 Å². The molecule has 1 aromatic carbocycles. The lowest BCUT2D eigenvalue weighted by atomic mass is 10.3. The Morgan fingerprint density at radius 2 is 1.90 bits per heavy atom. The van der Waals surface area contributed by atoms with Gasteiger partial charge in [-0.15, -0.1) is 0 Å². The summed E-state index contributed by atoms with van der Waals surface area (Å²) in [6.45, 7) is 0. The molecule has 5 nitrogen and oxygen atoms in total. The van der Waals surface area contributed by atoms with Crippen LogP contribution in [0.3, 0.4) is 0 Å². The Labute approximate surface area is 116 Å². The number of alkyl halides is 2. The molecule has 102 valence electrons. The number of fused-ring (bicyclic) bond motifs is 1. The smallest absolute Gasteiger partial charge is 0.317 e. The molecule has 0 unspecified atom stereocenters. The standard InChI is InChI=1S/C12H7ClF2N4O/c13-8-5-9(18-12(20)17-8)19-7-4-2-1-3-6(7)16-11(19)10(14)15/h1-5,10H,(H,17,18,20). The van der Waals surface area contributed by atoms with Gasteiger partial charge in [-0.25, -0.2) is 13.8 Å². The molecule has 2 aromatic heterocycles. The van der Waals surface area contributed by atoms with Crippen molar-refractivity contribution in [2.75, 3.05) is 0 Å². The molecule has 3 rings (SSSR count). The van der Waals surface area contributed by atoms with Crippen molar-refractivity contribution in [2.24, 2.45) is 0 Å². The van der Waals surface area contributed by atoms with E-state index in [2.05, 4.69) is 15.0 Å². The Morgan fingerprint density at radius 3 is 2.60 bits per heavy atom. The highest BCUT2D eigenvalue weighted by molar-refractivity contribution is 6.29. The minimum atomic E-state index is -2.79. The Bertz CT molecular complexity index is 770. The monoisotopic (exact) mass is 296 g/mol. The van der Waals surface area contributed by atoms with Crippen molar-refractivity contribution in [1.29, 1.82) is 0 Å². The molecule has 0 spiro atoms. The maximum atomic E-state index is 13.1. The van der Waals surface area contributed by atoms with Crippen LogP contribution in [0.1, 0.15) is 12.2 Å². The number of aromatic nitrogens is 4. The largest absolute Gasteiger partial charge is 0.479 e. The van der Waals surface area contributed by atoms with Crippen molar-refractivity contribution in [2.45, 2.75) is 6.43 Å². The molecule has 0 saturated carbocycles. The number of rotatable bonds is 2. The summed E-state index contributed by atoms with van der Waals surface area (Å²) in [5.41, 5.74) is 0.842. The summed E-state index contributed by atoms with van der Waals surface area (Å²) in [6.07, 6.45) is -2.79. The average Bonchev–Trinajstić information content (AvgIpc) is 2.77. The zero-order valence-electron chi connectivity index (χ0n) is 9.83. The third kappa shape index (κ3) is 2.05. The molecule has 1 N–H and O–H groups in total. The predicted molar refractivity (Wildman–Crippen MR) is 68.3 cm³/mol. The topological polar surface area (TPSA) is 63.8 Å². The van der Waals surface area contributed by atoms with Crippen LogP contribution in [-0.2, 0) is 0 Å². The Morgan fingerprint density at radius 1 is 1.15 bits per heavy atom. The Kier molecular flexibility index (Phi) is 2.98. The molecule has 2 heterocycles. The van der Waals surface area contributed by atoms with Crippen molar-refractivity contribution in [1.82, 2.24) is 19.5 Å². The van der Waals surface area contributed by atoms with Crippen molar-refractivity contribution in [3.8, 4) is 11.8 Å². The fraction of sp³-hybridized carbons (Fsp3) is 0.0833. The first-order valence-electron chi connectivity index (χ1n) is 5.55. The van der Waals surface area contributed by atoms with Gasteiger partial charge in [-0.3, -0.25) is 4.57 Å². The second-order valence-corrected chi connectivity index (χ2v) is 4.33. The van der Waals surface area contributed by atoms with Crippen LogP contribution in [-0.4, -0.2) is 24.6 Å². The molecule has 8 heteroatoms. The third-order valence-corrected chi connectivity index (χ3v) is 2.87. The van der Waals surface area contributed by atoms with Gasteiger partial charge in [0.2, 0.25) is 0 Å². The van der Waals surface area contributed by atoms with Crippen LogP contribution in [0.4, 0.5) is 8.78 Å². The lowest BCUT2D eigenvalue weighted by Crippen LogP contribution is -2.04. The highest BCUT2D eigenvalue weighted by Crippen LogP contribution is 2.28. The van der Waals surface area contributed by atoms with Gasteiger partial charge >= 0.3 is 6.01 Å². The van der Waals surface area contributed by atoms with Crippen LogP contribution in [0.25, 0.3) is 16.9 Å². The van der Waals surface area contributed by atoms with Gasteiger partial charge in [-0.2, -0.15) is 9.97 Å². The second kappa shape index (κ2) is 4.68. The molecule has 0 aliphatic carbocycles. The molecular formula is C12H7ClF2N4O. The van der Waals surface area contributed by atoms with Crippen molar-refractivity contribution < 1.29 is 13.9 Å². The summed E-state index contributed by atoms with van der Waals surface area (Å²) in [4.78, 5) is 11.1. The van der Waals surface area contributed by atoms with Crippen LogP contribution < -0.4 is 0 Å². The normalized spacial score (nSPS) is 11.4. The van der Waals surface area contributed by atoms with Crippen LogP contribution in [0, 0.1) is 0 Å². The SMILES string of the molecule is Oc1nc(Cl)cc(-n2c(C(F)F)nc3ccccc32)n1. The second-order valence-electron chi connectivity index (χ2n) is 3.94. The number of aromatic hydroxyl groups is 1. The molecule has 0 fully saturated rings. The first-order chi connectivity index (χ1) is 9.56. The van der Waals surface area contributed by atoms with Gasteiger partial charge in [0.25, 0.3) is 6.43 Å². The lowest BCUT2D eigenvalue weighted by Gasteiger charge is -2.08. The predicted octanol–water partition coefficient (Wildman–Crippen LogP) is 3.11. The lowest BCUT2D eigenvalue weighted by molar-refractivity contribution is 0.139. The van der Waals surface area contributed by atoms with Gasteiger partial charge in [0, 0.05) is 6.07 Å². The van der Waals surface area contributed by atoms with Crippen LogP contribution >= 0.6 is 11.6 Å². The number of hydrogen-bond donors (Lipinski definition) is 1. The van der Waals surface area contributed by atoms with Gasteiger partial charge in [-0.1, -0.05) is 23.7 Å². The van der Waals surface area contributed by atoms with Gasteiger partial charge < -0.3 is 5.11 Å². The molecular weight excluding hydrogens is 290 g/mol. The fourth-order valence-corrected chi connectivity index (χ4v) is 2.11. The van der Waals surface area contributed by atoms with Crippen LogP contribution in [0.2, 0.25) is 5.15 Å². The Hall–Kier alpha value is -2.28. The van der Waals surface area contributed by atoms with E-state index in [1.54, 1.807) is 24.3 Å². The van der Waals surface area contributed by atoms with Gasteiger partial charge in [-0.05, 0) is 12.1 Å². The van der Waals surface area contributed by atoms with E-state index >= 15 is 0 Å². The fourth-order valence-electron chi connectivity index (χ4n) is 1.94. The number of para-hydroxylation sites is 2. The van der Waals surface area contributed by atoms with E-state index in [0.717, 1.165) is 4.57 Å². The molecule has 0 aliphatic rings. The molecule has 20 heavy (non-hydrogen) atoms. The third-order valence-electron chi connectivity index (χ3n) is 2.68. The van der Waals surface area contributed by atoms with E-state index in [0.29, 0.717) is 11.0 Å². The van der Waals surface area contributed by atoms with Gasteiger partial charge in [0.15, 0.2) is 5.82 Å². The van der Waals surface area contributed by atoms with Crippen molar-refractivity contribution in [3.63, 3.8) is 0 Å². The average molecular weight is 297 g/mol. The van der Waals surface area contributed by atoms with Gasteiger partial charge in [0.05, 0.1) is 11.0 Å². The highest BCUT2D eigenvalue weighted by Gasteiger charge is 2.21. The molecule has 0 radical (unpaired) electrons. The molecule has 0 saturated heterocycles. The number of hydrogen-bond acceptors (Lipinski definition) is 4. The number of halogens is 3. The van der Waals surface area contributed by atoms with Gasteiger partial charge in [0.1, 0.15) is 11.0 Å². The number of benzene rings is 1. The first kappa shape index (κ1) is 12.7. The Balaban J connectivity index is 2.36. The summed E-state index contributed by atoms with van der Waals surface area (Å²) in [6, 6.07) is 7.31. The quantitative estimate of drug-likeness (QED) is 0.738. The van der Waals surface area contributed by atoms with E-state index in [-0.39, 0.29) is 11.0 Å². The molecule has 0 bridgehead atoms. The zero-order valence-corrected chi connectivity index (χ0v) is 10.6. The van der Waals surface area contributed by atoms with Crippen molar-refractivity contribution >= 4 is 22.6 Å². The van der Waals surface area contributed by atoms with Crippen molar-refractivity contribution in [3.05, 3.63) is 41.3 Å². The number of imidazole rings is 1.